The molecule has 0 amide bonds. The molecule has 3 N–H and O–H groups in total. The second kappa shape index (κ2) is 5.77. The van der Waals surface area contributed by atoms with Crippen LogP contribution in [0.5, 0.6) is 0 Å². The van der Waals surface area contributed by atoms with E-state index in [1.807, 2.05) is 30.3 Å². The summed E-state index contributed by atoms with van der Waals surface area (Å²) in [6, 6.07) is 14.0. The van der Waals surface area contributed by atoms with E-state index in [2.05, 4.69) is 10.4 Å². The quantitative estimate of drug-likeness (QED) is 0.574. The van der Waals surface area contributed by atoms with Crippen molar-refractivity contribution in [3.63, 3.8) is 0 Å². The number of nitrogens with two attached hydrogens (primary N) is 1. The fourth-order valence-electron chi connectivity index (χ4n) is 2.35. The van der Waals surface area contributed by atoms with Crippen LogP contribution in [0.4, 0.5) is 4.39 Å². The number of hydrogen-bond acceptors (Lipinski definition) is 3. The molecule has 0 saturated carbocycles. The van der Waals surface area contributed by atoms with Crippen LogP contribution < -0.4 is 11.3 Å². The van der Waals surface area contributed by atoms with Gasteiger partial charge in [0.2, 0.25) is 0 Å². The van der Waals surface area contributed by atoms with Crippen molar-refractivity contribution < 1.29 is 4.39 Å². The van der Waals surface area contributed by atoms with Crippen LogP contribution in [0.2, 0.25) is 5.02 Å². The average molecular weight is 302 g/mol. The molecule has 0 spiro atoms. The minimum Gasteiger partial charge on any atom is -0.271 e. The van der Waals surface area contributed by atoms with Crippen molar-refractivity contribution in [1.82, 2.24) is 10.4 Å². The Bertz CT molecular complexity index is 791. The van der Waals surface area contributed by atoms with E-state index in [-0.39, 0.29) is 5.02 Å². The first-order valence-electron chi connectivity index (χ1n) is 6.45. The highest BCUT2D eigenvalue weighted by molar-refractivity contribution is 6.31. The van der Waals surface area contributed by atoms with Gasteiger partial charge < -0.3 is 0 Å². The van der Waals surface area contributed by atoms with Gasteiger partial charge in [0.05, 0.1) is 16.6 Å². The number of rotatable bonds is 3. The fraction of sp³-hybridized carbons (Fsp3) is 0.0625. The number of hydrazine groups is 1. The van der Waals surface area contributed by atoms with Crippen molar-refractivity contribution >= 4 is 22.5 Å². The molecule has 0 aliphatic heterocycles. The van der Waals surface area contributed by atoms with E-state index < -0.39 is 11.9 Å². The molecule has 3 rings (SSSR count). The Kier molecular flexibility index (Phi) is 3.84. The van der Waals surface area contributed by atoms with E-state index in [1.54, 1.807) is 18.3 Å². The lowest BCUT2D eigenvalue weighted by Crippen LogP contribution is -2.29. The number of halogens is 2. The molecule has 0 aliphatic carbocycles. The van der Waals surface area contributed by atoms with Crippen LogP contribution in [0, 0.1) is 5.82 Å². The summed E-state index contributed by atoms with van der Waals surface area (Å²) >= 11 is 6.04. The molecule has 0 fully saturated rings. The predicted molar refractivity (Wildman–Crippen MR) is 82.3 cm³/mol. The molecule has 106 valence electrons. The Morgan fingerprint density at radius 2 is 1.95 bits per heavy atom. The molecule has 2 aromatic carbocycles. The van der Waals surface area contributed by atoms with Gasteiger partial charge in [-0.05, 0) is 29.3 Å². The van der Waals surface area contributed by atoms with Gasteiger partial charge in [-0.25, -0.2) is 9.82 Å². The monoisotopic (exact) mass is 301 g/mol. The summed E-state index contributed by atoms with van der Waals surface area (Å²) in [5.41, 5.74) is 4.97. The van der Waals surface area contributed by atoms with Crippen molar-refractivity contribution in [2.45, 2.75) is 6.04 Å². The first-order valence-corrected chi connectivity index (χ1v) is 6.83. The molecule has 21 heavy (non-hydrogen) atoms. The zero-order valence-electron chi connectivity index (χ0n) is 11.1. The summed E-state index contributed by atoms with van der Waals surface area (Å²) in [7, 11) is 0. The number of fused-ring (bicyclic) bond motifs is 1. The van der Waals surface area contributed by atoms with E-state index in [9.17, 15) is 4.39 Å². The van der Waals surface area contributed by atoms with Crippen molar-refractivity contribution in [1.29, 1.82) is 0 Å². The molecule has 1 atom stereocenters. The highest BCUT2D eigenvalue weighted by Crippen LogP contribution is 2.30. The smallest absolute Gasteiger partial charge is 0.142 e. The zero-order valence-corrected chi connectivity index (χ0v) is 11.8. The highest BCUT2D eigenvalue weighted by Gasteiger charge is 2.18. The second-order valence-electron chi connectivity index (χ2n) is 4.70. The fourth-order valence-corrected chi connectivity index (χ4v) is 2.59. The Hall–Kier alpha value is -2.01. The lowest BCUT2D eigenvalue weighted by Gasteiger charge is -2.18. The minimum absolute atomic E-state index is 0.0635. The van der Waals surface area contributed by atoms with Crippen molar-refractivity contribution in [3.05, 3.63) is 76.7 Å². The van der Waals surface area contributed by atoms with Crippen LogP contribution in [0.25, 0.3) is 10.9 Å². The topological polar surface area (TPSA) is 50.9 Å². The third kappa shape index (κ3) is 2.61. The van der Waals surface area contributed by atoms with Gasteiger partial charge in [-0.2, -0.15) is 0 Å². The Labute approximate surface area is 126 Å². The normalized spacial score (nSPS) is 12.5. The summed E-state index contributed by atoms with van der Waals surface area (Å²) in [6.07, 6.45) is 1.72. The average Bonchev–Trinajstić information content (AvgIpc) is 2.52. The number of aromatic nitrogens is 1. The maximum absolute atomic E-state index is 13.6. The van der Waals surface area contributed by atoms with E-state index in [0.29, 0.717) is 5.56 Å². The molecular formula is C16H13ClFN3. The molecule has 5 heteroatoms. The Morgan fingerprint density at radius 1 is 1.14 bits per heavy atom. The first-order chi connectivity index (χ1) is 10.2. The van der Waals surface area contributed by atoms with Gasteiger partial charge >= 0.3 is 0 Å². The third-order valence-electron chi connectivity index (χ3n) is 3.40. The van der Waals surface area contributed by atoms with Crippen molar-refractivity contribution in [2.75, 3.05) is 0 Å². The molecule has 0 radical (unpaired) electrons. The van der Waals surface area contributed by atoms with Crippen molar-refractivity contribution in [2.24, 2.45) is 5.84 Å². The van der Waals surface area contributed by atoms with Gasteiger partial charge in [0.15, 0.2) is 0 Å². The second-order valence-corrected chi connectivity index (χ2v) is 5.08. The lowest BCUT2D eigenvalue weighted by molar-refractivity contribution is 0.605. The summed E-state index contributed by atoms with van der Waals surface area (Å²) in [5, 5.41) is 1.05. The standard InChI is InChI=1S/C16H13ClFN3/c17-15-12(5-3-6-13(15)18)16(21-19)11-8-10-4-1-2-7-14(10)20-9-11/h1-9,16,21H,19H2. The van der Waals surface area contributed by atoms with E-state index in [4.69, 9.17) is 17.4 Å². The molecule has 1 heterocycles. The Morgan fingerprint density at radius 3 is 2.76 bits per heavy atom. The number of nitrogens with zero attached hydrogens (tertiary/aromatic N) is 1. The summed E-state index contributed by atoms with van der Waals surface area (Å²) in [4.78, 5) is 4.40. The van der Waals surface area contributed by atoms with Gasteiger partial charge in [-0.15, -0.1) is 0 Å². The largest absolute Gasteiger partial charge is 0.271 e. The number of para-hydroxylation sites is 1. The summed E-state index contributed by atoms with van der Waals surface area (Å²) < 4.78 is 13.6. The van der Waals surface area contributed by atoms with Crippen LogP contribution >= 0.6 is 11.6 Å². The van der Waals surface area contributed by atoms with Gasteiger partial charge in [0.1, 0.15) is 5.82 Å². The van der Waals surface area contributed by atoms with E-state index >= 15 is 0 Å². The number of nitrogens with one attached hydrogen (secondary N) is 1. The molecule has 0 saturated heterocycles. The molecular weight excluding hydrogens is 289 g/mol. The van der Waals surface area contributed by atoms with Gasteiger partial charge in [0.25, 0.3) is 0 Å². The highest BCUT2D eigenvalue weighted by atomic mass is 35.5. The van der Waals surface area contributed by atoms with Gasteiger partial charge in [0, 0.05) is 11.6 Å². The zero-order chi connectivity index (χ0) is 14.8. The van der Waals surface area contributed by atoms with Gasteiger partial charge in [-0.3, -0.25) is 10.8 Å². The molecule has 0 aliphatic rings. The first kappa shape index (κ1) is 13.9. The molecule has 3 aromatic rings. The maximum Gasteiger partial charge on any atom is 0.142 e. The summed E-state index contributed by atoms with van der Waals surface area (Å²) in [6.45, 7) is 0. The Balaban J connectivity index is 2.11. The van der Waals surface area contributed by atoms with Crippen LogP contribution in [0.3, 0.4) is 0 Å². The van der Waals surface area contributed by atoms with E-state index in [0.717, 1.165) is 16.5 Å². The lowest BCUT2D eigenvalue weighted by atomic mass is 9.99. The number of hydrogen-bond donors (Lipinski definition) is 2. The predicted octanol–water partition coefficient (Wildman–Crippen LogP) is 3.58. The maximum atomic E-state index is 13.6. The number of pyridine rings is 1. The van der Waals surface area contributed by atoms with Crippen molar-refractivity contribution in [3.8, 4) is 0 Å². The molecule has 1 aromatic heterocycles. The van der Waals surface area contributed by atoms with E-state index in [1.165, 1.54) is 6.07 Å². The molecule has 0 bridgehead atoms. The molecule has 3 nitrogen and oxygen atoms in total. The number of benzene rings is 2. The van der Waals surface area contributed by atoms with Crippen LogP contribution in [-0.4, -0.2) is 4.98 Å². The minimum atomic E-state index is -0.469. The summed E-state index contributed by atoms with van der Waals surface area (Å²) in [5.74, 6) is 5.17. The molecule has 1 unspecified atom stereocenters. The third-order valence-corrected chi connectivity index (χ3v) is 3.80. The van der Waals surface area contributed by atoms with Gasteiger partial charge in [-0.1, -0.05) is 41.9 Å². The SMILES string of the molecule is NNC(c1cnc2ccccc2c1)c1cccc(F)c1Cl. The van der Waals surface area contributed by atoms with Crippen LogP contribution in [0.15, 0.2) is 54.7 Å². The van der Waals surface area contributed by atoms with Crippen LogP contribution in [-0.2, 0) is 0 Å². The van der Waals surface area contributed by atoms with Crippen LogP contribution in [0.1, 0.15) is 17.2 Å².